The molecule has 1 heterocycles. The number of halogens is 1. The van der Waals surface area contributed by atoms with Crippen molar-refractivity contribution < 1.29 is 9.59 Å². The summed E-state index contributed by atoms with van der Waals surface area (Å²) in [5, 5.41) is 2.42. The van der Waals surface area contributed by atoms with E-state index in [0.29, 0.717) is 13.1 Å². The van der Waals surface area contributed by atoms with Gasteiger partial charge in [0.1, 0.15) is 5.38 Å². The second kappa shape index (κ2) is 9.05. The van der Waals surface area contributed by atoms with Crippen molar-refractivity contribution in [2.24, 2.45) is 0 Å². The number of carbonyl (C=O) groups excluding carboxylic acids is 2. The van der Waals surface area contributed by atoms with Crippen molar-refractivity contribution in [1.82, 2.24) is 10.2 Å². The van der Waals surface area contributed by atoms with E-state index in [2.05, 4.69) is 5.32 Å². The lowest BCUT2D eigenvalue weighted by atomic mass is 9.89. The van der Waals surface area contributed by atoms with Crippen molar-refractivity contribution in [3.8, 4) is 0 Å². The summed E-state index contributed by atoms with van der Waals surface area (Å²) in [6, 6.07) is 19.9. The van der Waals surface area contributed by atoms with Gasteiger partial charge in [0.25, 0.3) is 0 Å². The smallest absolute Gasteiger partial charge is 0.237 e. The Bertz CT molecular complexity index is 717. The third kappa shape index (κ3) is 4.89. The maximum absolute atomic E-state index is 13.4. The molecule has 2 aromatic carbocycles. The van der Waals surface area contributed by atoms with E-state index in [1.54, 1.807) is 6.92 Å². The number of hydrogen-bond acceptors (Lipinski definition) is 2. The Hall–Kier alpha value is -2.33. The van der Waals surface area contributed by atoms with Gasteiger partial charge in [0, 0.05) is 19.1 Å². The fourth-order valence-electron chi connectivity index (χ4n) is 3.51. The fourth-order valence-corrected chi connectivity index (χ4v) is 3.57. The zero-order valence-corrected chi connectivity index (χ0v) is 16.2. The number of piperidine rings is 1. The summed E-state index contributed by atoms with van der Waals surface area (Å²) in [5.41, 5.74) is 2.00. The van der Waals surface area contributed by atoms with E-state index in [1.807, 2.05) is 65.6 Å². The highest BCUT2D eigenvalue weighted by Crippen LogP contribution is 2.28. The van der Waals surface area contributed by atoms with E-state index >= 15 is 0 Å². The molecule has 1 aliphatic heterocycles. The van der Waals surface area contributed by atoms with Crippen molar-refractivity contribution in [1.29, 1.82) is 0 Å². The summed E-state index contributed by atoms with van der Waals surface area (Å²) in [7, 11) is 0. The molecular formula is C22H25ClN2O2. The summed E-state index contributed by atoms with van der Waals surface area (Å²) >= 11 is 5.83. The van der Waals surface area contributed by atoms with Gasteiger partial charge < -0.3 is 10.2 Å². The lowest BCUT2D eigenvalue weighted by molar-refractivity contribution is -0.133. The van der Waals surface area contributed by atoms with Crippen molar-refractivity contribution in [3.05, 3.63) is 71.8 Å². The number of nitrogens with zero attached hydrogens (tertiary/aromatic N) is 1. The van der Waals surface area contributed by atoms with Crippen molar-refractivity contribution in [3.63, 3.8) is 0 Å². The van der Waals surface area contributed by atoms with Crippen molar-refractivity contribution >= 4 is 23.4 Å². The molecule has 2 amide bonds. The van der Waals surface area contributed by atoms with Gasteiger partial charge in [0.2, 0.25) is 11.8 Å². The van der Waals surface area contributed by atoms with Gasteiger partial charge in [-0.25, -0.2) is 0 Å². The molecule has 1 aliphatic rings. The average Bonchev–Trinajstić information content (AvgIpc) is 2.70. The second-order valence-corrected chi connectivity index (χ2v) is 7.63. The lowest BCUT2D eigenvalue weighted by Gasteiger charge is -2.35. The van der Waals surface area contributed by atoms with Crippen molar-refractivity contribution in [2.75, 3.05) is 13.1 Å². The van der Waals surface area contributed by atoms with Crippen LogP contribution >= 0.6 is 11.6 Å². The van der Waals surface area contributed by atoms with E-state index in [0.717, 1.165) is 24.0 Å². The van der Waals surface area contributed by atoms with Crippen LogP contribution in [0.25, 0.3) is 0 Å². The molecule has 1 unspecified atom stereocenters. The molecule has 1 saturated heterocycles. The van der Waals surface area contributed by atoms with E-state index in [4.69, 9.17) is 11.6 Å². The van der Waals surface area contributed by atoms with Crippen LogP contribution in [0.5, 0.6) is 0 Å². The number of likely N-dealkylation sites (tertiary alicyclic amines) is 1. The maximum atomic E-state index is 13.4. The summed E-state index contributed by atoms with van der Waals surface area (Å²) in [6.07, 6.45) is 1.49. The molecule has 0 radical (unpaired) electrons. The first kappa shape index (κ1) is 19.4. The summed E-state index contributed by atoms with van der Waals surface area (Å²) in [5.74, 6) is -0.336. The van der Waals surface area contributed by atoms with Crippen LogP contribution in [0, 0.1) is 0 Å². The molecule has 1 N–H and O–H groups in total. The topological polar surface area (TPSA) is 49.4 Å². The lowest BCUT2D eigenvalue weighted by Crippen LogP contribution is -2.48. The van der Waals surface area contributed by atoms with Gasteiger partial charge in [-0.2, -0.15) is 0 Å². The summed E-state index contributed by atoms with van der Waals surface area (Å²) < 4.78 is 0. The minimum atomic E-state index is -0.537. The molecular weight excluding hydrogens is 360 g/mol. The minimum absolute atomic E-state index is 0.0784. The normalized spacial score (nSPS) is 16.2. The molecule has 0 bridgehead atoms. The molecule has 0 saturated carbocycles. The highest BCUT2D eigenvalue weighted by Gasteiger charge is 2.31. The number of alkyl halides is 1. The molecule has 2 aromatic rings. The summed E-state index contributed by atoms with van der Waals surface area (Å²) in [4.78, 5) is 27.0. The van der Waals surface area contributed by atoms with Gasteiger partial charge in [0.15, 0.2) is 0 Å². The third-order valence-corrected chi connectivity index (χ3v) is 5.23. The van der Waals surface area contributed by atoms with Crippen LogP contribution in [-0.2, 0) is 9.59 Å². The van der Waals surface area contributed by atoms with Gasteiger partial charge in [-0.15, -0.1) is 11.6 Å². The maximum Gasteiger partial charge on any atom is 0.237 e. The molecule has 1 atom stereocenters. The number of amides is 2. The molecule has 1 fully saturated rings. The van der Waals surface area contributed by atoms with Gasteiger partial charge in [0.05, 0.1) is 5.92 Å². The van der Waals surface area contributed by atoms with Crippen LogP contribution in [-0.4, -0.2) is 41.2 Å². The monoisotopic (exact) mass is 384 g/mol. The largest absolute Gasteiger partial charge is 0.352 e. The van der Waals surface area contributed by atoms with Crippen LogP contribution in [0.1, 0.15) is 36.8 Å². The van der Waals surface area contributed by atoms with Crippen LogP contribution in [0.15, 0.2) is 60.7 Å². The zero-order chi connectivity index (χ0) is 19.2. The Kier molecular flexibility index (Phi) is 6.51. The standard InChI is InChI=1S/C22H25ClN2O2/c1-16(23)21(26)24-19-12-14-25(15-13-19)22(27)20(17-8-4-2-5-9-17)18-10-6-3-7-11-18/h2-11,16,19-20H,12-15H2,1H3,(H,24,26). The van der Waals surface area contributed by atoms with Crippen LogP contribution in [0.4, 0.5) is 0 Å². The predicted molar refractivity (Wildman–Crippen MR) is 108 cm³/mol. The Morgan fingerprint density at radius 1 is 0.963 bits per heavy atom. The number of benzene rings is 2. The Balaban J connectivity index is 1.72. The Morgan fingerprint density at radius 3 is 1.89 bits per heavy atom. The number of nitrogens with one attached hydrogen (secondary N) is 1. The Morgan fingerprint density at radius 2 is 1.44 bits per heavy atom. The SMILES string of the molecule is CC(Cl)C(=O)NC1CCN(C(=O)C(c2ccccc2)c2ccccc2)CC1. The van der Waals surface area contributed by atoms with Gasteiger partial charge in [-0.1, -0.05) is 60.7 Å². The van der Waals surface area contributed by atoms with E-state index in [-0.39, 0.29) is 23.8 Å². The quantitative estimate of drug-likeness (QED) is 0.801. The van der Waals surface area contributed by atoms with Crippen LogP contribution in [0.3, 0.4) is 0 Å². The number of carbonyl (C=O) groups is 2. The van der Waals surface area contributed by atoms with Crippen LogP contribution < -0.4 is 5.32 Å². The average molecular weight is 385 g/mol. The highest BCUT2D eigenvalue weighted by atomic mass is 35.5. The third-order valence-electron chi connectivity index (χ3n) is 5.03. The first-order chi connectivity index (χ1) is 13.1. The molecule has 0 aliphatic carbocycles. The van der Waals surface area contributed by atoms with E-state index in [9.17, 15) is 9.59 Å². The highest BCUT2D eigenvalue weighted by molar-refractivity contribution is 6.30. The molecule has 0 aromatic heterocycles. The number of hydrogen-bond donors (Lipinski definition) is 1. The summed E-state index contributed by atoms with van der Waals surface area (Å²) in [6.45, 7) is 2.94. The molecule has 27 heavy (non-hydrogen) atoms. The van der Waals surface area contributed by atoms with Gasteiger partial charge in [-0.05, 0) is 30.9 Å². The first-order valence-electron chi connectivity index (χ1n) is 9.39. The Labute approximate surface area is 165 Å². The molecule has 3 rings (SSSR count). The second-order valence-electron chi connectivity index (χ2n) is 6.98. The van der Waals surface area contributed by atoms with Crippen LogP contribution in [0.2, 0.25) is 0 Å². The van der Waals surface area contributed by atoms with E-state index in [1.165, 1.54) is 0 Å². The first-order valence-corrected chi connectivity index (χ1v) is 9.83. The molecule has 0 spiro atoms. The fraction of sp³-hybridized carbons (Fsp3) is 0.364. The van der Waals surface area contributed by atoms with Gasteiger partial charge >= 0.3 is 0 Å². The van der Waals surface area contributed by atoms with E-state index < -0.39 is 5.38 Å². The molecule has 142 valence electrons. The van der Waals surface area contributed by atoms with Gasteiger partial charge in [-0.3, -0.25) is 9.59 Å². The molecule has 4 nitrogen and oxygen atoms in total. The van der Waals surface area contributed by atoms with Crippen molar-refractivity contribution in [2.45, 2.75) is 37.1 Å². The minimum Gasteiger partial charge on any atom is -0.352 e. The predicted octanol–water partition coefficient (Wildman–Crippen LogP) is 3.55. The number of rotatable bonds is 5. The molecule has 5 heteroatoms. The zero-order valence-electron chi connectivity index (χ0n) is 15.5.